The van der Waals surface area contributed by atoms with E-state index in [0.717, 1.165) is 16.2 Å². The number of hydrogen-bond acceptors (Lipinski definition) is 4. The number of ether oxygens (including phenoxy) is 1. The first kappa shape index (κ1) is 14.9. The van der Waals surface area contributed by atoms with E-state index in [1.54, 1.807) is 19.2 Å². The molecule has 2 rings (SSSR count). The fourth-order valence-corrected chi connectivity index (χ4v) is 4.08. The van der Waals surface area contributed by atoms with E-state index in [0.29, 0.717) is 10.6 Å². The highest BCUT2D eigenvalue weighted by molar-refractivity contribution is 7.99. The summed E-state index contributed by atoms with van der Waals surface area (Å²) in [5.41, 5.74) is 1.10. The standard InChI is InChI=1S/C15H16O3S2/c1-18-13-7-5-6-12(10-13)11-19-14-8-3-4-9-15(14)20(2,16)17/h3-10H,11H2,1-2H3. The van der Waals surface area contributed by atoms with Gasteiger partial charge in [0.05, 0.1) is 12.0 Å². The van der Waals surface area contributed by atoms with Gasteiger partial charge in [0.25, 0.3) is 0 Å². The van der Waals surface area contributed by atoms with Gasteiger partial charge in [-0.15, -0.1) is 11.8 Å². The van der Waals surface area contributed by atoms with Gasteiger partial charge in [-0.25, -0.2) is 8.42 Å². The van der Waals surface area contributed by atoms with Crippen molar-refractivity contribution in [1.82, 2.24) is 0 Å². The van der Waals surface area contributed by atoms with E-state index in [2.05, 4.69) is 0 Å². The smallest absolute Gasteiger partial charge is 0.176 e. The van der Waals surface area contributed by atoms with Gasteiger partial charge in [-0.1, -0.05) is 24.3 Å². The molecule has 106 valence electrons. The van der Waals surface area contributed by atoms with Crippen molar-refractivity contribution in [2.45, 2.75) is 15.5 Å². The summed E-state index contributed by atoms with van der Waals surface area (Å²) in [6.45, 7) is 0. The minimum absolute atomic E-state index is 0.382. The van der Waals surface area contributed by atoms with Crippen molar-refractivity contribution in [2.75, 3.05) is 13.4 Å². The lowest BCUT2D eigenvalue weighted by atomic mass is 10.2. The van der Waals surface area contributed by atoms with Gasteiger partial charge in [-0.2, -0.15) is 0 Å². The molecule has 0 N–H and O–H groups in total. The molecule has 0 unspecified atom stereocenters. The van der Waals surface area contributed by atoms with Crippen molar-refractivity contribution < 1.29 is 13.2 Å². The highest BCUT2D eigenvalue weighted by atomic mass is 32.2. The molecular weight excluding hydrogens is 292 g/mol. The first-order valence-corrected chi connectivity index (χ1v) is 8.93. The zero-order valence-corrected chi connectivity index (χ0v) is 13.0. The number of methoxy groups -OCH3 is 1. The molecule has 0 bridgehead atoms. The molecule has 0 atom stereocenters. The van der Waals surface area contributed by atoms with Crippen LogP contribution in [0.4, 0.5) is 0 Å². The topological polar surface area (TPSA) is 43.4 Å². The van der Waals surface area contributed by atoms with Crippen LogP contribution < -0.4 is 4.74 Å². The van der Waals surface area contributed by atoms with Crippen LogP contribution >= 0.6 is 11.8 Å². The van der Waals surface area contributed by atoms with E-state index in [4.69, 9.17) is 4.74 Å². The molecule has 0 amide bonds. The summed E-state index contributed by atoms with van der Waals surface area (Å²) < 4.78 is 28.6. The molecular formula is C15H16O3S2. The molecule has 0 fully saturated rings. The summed E-state index contributed by atoms with van der Waals surface area (Å²) in [5.74, 6) is 1.50. The summed E-state index contributed by atoms with van der Waals surface area (Å²) in [7, 11) is -1.57. The normalized spacial score (nSPS) is 11.3. The molecule has 0 radical (unpaired) electrons. The Hall–Kier alpha value is -1.46. The predicted molar refractivity (Wildman–Crippen MR) is 82.1 cm³/mol. The number of thioether (sulfide) groups is 1. The SMILES string of the molecule is COc1cccc(CSc2ccccc2S(C)(=O)=O)c1. The summed E-state index contributed by atoms with van der Waals surface area (Å²) >= 11 is 1.51. The van der Waals surface area contributed by atoms with Crippen molar-refractivity contribution in [3.63, 3.8) is 0 Å². The summed E-state index contributed by atoms with van der Waals surface area (Å²) in [6.07, 6.45) is 1.23. The minimum atomic E-state index is -3.20. The maximum absolute atomic E-state index is 11.7. The summed E-state index contributed by atoms with van der Waals surface area (Å²) in [5, 5.41) is 0. The third-order valence-electron chi connectivity index (χ3n) is 2.78. The Morgan fingerprint density at radius 3 is 2.55 bits per heavy atom. The lowest BCUT2D eigenvalue weighted by Crippen LogP contribution is -1.99. The second-order valence-corrected chi connectivity index (χ2v) is 7.36. The lowest BCUT2D eigenvalue weighted by molar-refractivity contribution is 0.414. The van der Waals surface area contributed by atoms with Crippen molar-refractivity contribution in [2.24, 2.45) is 0 Å². The number of rotatable bonds is 5. The lowest BCUT2D eigenvalue weighted by Gasteiger charge is -2.08. The van der Waals surface area contributed by atoms with E-state index in [-0.39, 0.29) is 0 Å². The Morgan fingerprint density at radius 1 is 1.10 bits per heavy atom. The van der Waals surface area contributed by atoms with E-state index in [9.17, 15) is 8.42 Å². The highest BCUT2D eigenvalue weighted by Gasteiger charge is 2.12. The van der Waals surface area contributed by atoms with Crippen molar-refractivity contribution in [3.05, 3.63) is 54.1 Å². The quantitative estimate of drug-likeness (QED) is 0.794. The average molecular weight is 308 g/mol. The molecule has 0 saturated carbocycles. The molecule has 5 heteroatoms. The van der Waals surface area contributed by atoms with Gasteiger partial charge >= 0.3 is 0 Å². The van der Waals surface area contributed by atoms with Crippen LogP contribution in [-0.2, 0) is 15.6 Å². The maximum Gasteiger partial charge on any atom is 0.176 e. The zero-order chi connectivity index (χ0) is 14.6. The first-order valence-electron chi connectivity index (χ1n) is 6.05. The Bertz CT molecular complexity index is 694. The van der Waals surface area contributed by atoms with E-state index >= 15 is 0 Å². The van der Waals surface area contributed by atoms with Gasteiger partial charge in [-0.3, -0.25) is 0 Å². The fourth-order valence-electron chi connectivity index (χ4n) is 1.80. The van der Waals surface area contributed by atoms with E-state index < -0.39 is 9.84 Å². The number of hydrogen-bond donors (Lipinski definition) is 0. The molecule has 20 heavy (non-hydrogen) atoms. The predicted octanol–water partition coefficient (Wildman–Crippen LogP) is 3.39. The van der Waals surface area contributed by atoms with Gasteiger partial charge in [0, 0.05) is 16.9 Å². The molecule has 0 heterocycles. The van der Waals surface area contributed by atoms with Crippen molar-refractivity contribution in [1.29, 1.82) is 0 Å². The van der Waals surface area contributed by atoms with Gasteiger partial charge in [0.15, 0.2) is 9.84 Å². The summed E-state index contributed by atoms with van der Waals surface area (Å²) in [6, 6.07) is 14.8. The molecule has 0 aromatic heterocycles. The van der Waals surface area contributed by atoms with Crippen LogP contribution in [0.1, 0.15) is 5.56 Å². The third kappa shape index (κ3) is 3.77. The van der Waals surface area contributed by atoms with Gasteiger partial charge in [0.1, 0.15) is 5.75 Å². The monoisotopic (exact) mass is 308 g/mol. The van der Waals surface area contributed by atoms with Gasteiger partial charge in [0.2, 0.25) is 0 Å². The second-order valence-electron chi connectivity index (χ2n) is 4.36. The minimum Gasteiger partial charge on any atom is -0.497 e. The van der Waals surface area contributed by atoms with Crippen LogP contribution in [0.25, 0.3) is 0 Å². The van der Waals surface area contributed by atoms with Crippen LogP contribution in [0.2, 0.25) is 0 Å². The van der Waals surface area contributed by atoms with E-state index in [1.807, 2.05) is 36.4 Å². The molecule has 2 aromatic rings. The Kier molecular flexibility index (Phi) is 4.73. The third-order valence-corrected chi connectivity index (χ3v) is 5.21. The molecule has 0 aliphatic rings. The summed E-state index contributed by atoms with van der Waals surface area (Å²) in [4.78, 5) is 1.16. The van der Waals surface area contributed by atoms with Gasteiger partial charge < -0.3 is 4.74 Å². The molecule has 0 spiro atoms. The molecule has 3 nitrogen and oxygen atoms in total. The largest absolute Gasteiger partial charge is 0.497 e. The Morgan fingerprint density at radius 2 is 1.85 bits per heavy atom. The highest BCUT2D eigenvalue weighted by Crippen LogP contribution is 2.29. The Labute approximate surface area is 123 Å². The molecule has 0 saturated heterocycles. The van der Waals surface area contributed by atoms with Crippen LogP contribution in [0, 0.1) is 0 Å². The van der Waals surface area contributed by atoms with E-state index in [1.165, 1.54) is 18.0 Å². The number of benzene rings is 2. The maximum atomic E-state index is 11.7. The van der Waals surface area contributed by atoms with Crippen LogP contribution in [0.15, 0.2) is 58.3 Å². The van der Waals surface area contributed by atoms with Crippen molar-refractivity contribution >= 4 is 21.6 Å². The zero-order valence-electron chi connectivity index (χ0n) is 11.4. The fraction of sp³-hybridized carbons (Fsp3) is 0.200. The number of sulfone groups is 1. The van der Waals surface area contributed by atoms with Gasteiger partial charge in [-0.05, 0) is 29.8 Å². The average Bonchev–Trinajstić information content (AvgIpc) is 2.44. The van der Waals surface area contributed by atoms with Crippen LogP contribution in [-0.4, -0.2) is 21.8 Å². The first-order chi connectivity index (χ1) is 9.50. The molecule has 0 aliphatic heterocycles. The van der Waals surface area contributed by atoms with Crippen LogP contribution in [0.3, 0.4) is 0 Å². The Balaban J connectivity index is 2.19. The van der Waals surface area contributed by atoms with Crippen LogP contribution in [0.5, 0.6) is 5.75 Å². The van der Waals surface area contributed by atoms with Crippen molar-refractivity contribution in [3.8, 4) is 5.75 Å². The molecule has 0 aliphatic carbocycles. The molecule has 2 aromatic carbocycles. The second kappa shape index (κ2) is 6.33.